The fraction of sp³-hybridized carbons (Fsp3) is 0.455. The summed E-state index contributed by atoms with van der Waals surface area (Å²) in [5, 5.41) is 36.6. The van der Waals surface area contributed by atoms with Crippen molar-refractivity contribution < 1.29 is 33.6 Å². The van der Waals surface area contributed by atoms with Crippen molar-refractivity contribution in [1.82, 2.24) is 0 Å². The Kier molecular flexibility index (Phi) is 4.55. The first-order chi connectivity index (χ1) is 8.27. The molecule has 0 radical (unpaired) electrons. The summed E-state index contributed by atoms with van der Waals surface area (Å²) < 4.78 is 37.5. The molecule has 4 nitrogen and oxygen atoms in total. The van der Waals surface area contributed by atoms with Crippen molar-refractivity contribution in [3.63, 3.8) is 0 Å². The molecule has 0 aliphatic rings. The highest BCUT2D eigenvalue weighted by Gasteiger charge is 2.34. The quantitative estimate of drug-likeness (QED) is 0.660. The van der Waals surface area contributed by atoms with Crippen molar-refractivity contribution in [1.29, 1.82) is 0 Å². The van der Waals surface area contributed by atoms with Crippen LogP contribution in [0.15, 0.2) is 18.2 Å². The lowest BCUT2D eigenvalue weighted by atomic mass is 9.99. The summed E-state index contributed by atoms with van der Waals surface area (Å²) in [6, 6.07) is 2.45. The lowest BCUT2D eigenvalue weighted by molar-refractivity contribution is -0.138. The minimum atomic E-state index is -4.75. The first-order valence-corrected chi connectivity index (χ1v) is 5.14. The summed E-state index contributed by atoms with van der Waals surface area (Å²) in [5.41, 5.74) is -1.46. The van der Waals surface area contributed by atoms with E-state index in [0.717, 1.165) is 12.1 Å². The molecule has 0 fully saturated rings. The number of phenols is 1. The van der Waals surface area contributed by atoms with Crippen LogP contribution in [0.4, 0.5) is 13.2 Å². The number of rotatable bonds is 4. The normalized spacial score (nSPS) is 15.4. The number of aliphatic hydroxyl groups is 3. The molecule has 0 saturated heterocycles. The molecule has 0 amide bonds. The highest BCUT2D eigenvalue weighted by molar-refractivity contribution is 5.39. The van der Waals surface area contributed by atoms with Gasteiger partial charge in [-0.1, -0.05) is 6.07 Å². The Balaban J connectivity index is 3.05. The van der Waals surface area contributed by atoms with E-state index in [-0.39, 0.29) is 12.0 Å². The van der Waals surface area contributed by atoms with E-state index in [4.69, 9.17) is 10.2 Å². The number of aliphatic hydroxyl groups excluding tert-OH is 3. The van der Waals surface area contributed by atoms with Gasteiger partial charge >= 0.3 is 6.18 Å². The van der Waals surface area contributed by atoms with Gasteiger partial charge in [0.2, 0.25) is 0 Å². The average molecular weight is 266 g/mol. The zero-order valence-corrected chi connectivity index (χ0v) is 9.22. The number of hydrogen-bond donors (Lipinski definition) is 4. The summed E-state index contributed by atoms with van der Waals surface area (Å²) in [7, 11) is 0. The summed E-state index contributed by atoms with van der Waals surface area (Å²) in [5.74, 6) is -0.949. The Morgan fingerprint density at radius 3 is 2.28 bits per heavy atom. The highest BCUT2D eigenvalue weighted by Crippen LogP contribution is 2.37. The number of alkyl halides is 3. The molecule has 1 rings (SSSR count). The van der Waals surface area contributed by atoms with Crippen molar-refractivity contribution in [3.05, 3.63) is 29.3 Å². The maximum Gasteiger partial charge on any atom is 0.419 e. The van der Waals surface area contributed by atoms with Crippen LogP contribution in [-0.2, 0) is 6.18 Å². The van der Waals surface area contributed by atoms with Gasteiger partial charge in [-0.2, -0.15) is 13.2 Å². The zero-order valence-electron chi connectivity index (χ0n) is 9.22. The molecule has 0 aromatic heterocycles. The number of halogens is 3. The third-order valence-corrected chi connectivity index (χ3v) is 2.46. The highest BCUT2D eigenvalue weighted by atomic mass is 19.4. The van der Waals surface area contributed by atoms with E-state index in [1.165, 1.54) is 0 Å². The maximum atomic E-state index is 12.5. The first kappa shape index (κ1) is 14.7. The summed E-state index contributed by atoms with van der Waals surface area (Å²) in [6.07, 6.45) is -7.84. The Bertz CT molecular complexity index is 406. The number of phenolic OH excluding ortho intramolecular Hbond substituents is 1. The molecule has 0 spiro atoms. The Morgan fingerprint density at radius 2 is 1.78 bits per heavy atom. The van der Waals surface area contributed by atoms with E-state index in [1.54, 1.807) is 0 Å². The fourth-order valence-electron chi connectivity index (χ4n) is 1.48. The van der Waals surface area contributed by atoms with Gasteiger partial charge in [0, 0.05) is 6.61 Å². The third-order valence-electron chi connectivity index (χ3n) is 2.46. The SMILES string of the molecule is OCCC(O)C(O)c1ccc(O)c(C(F)(F)F)c1. The van der Waals surface area contributed by atoms with E-state index in [2.05, 4.69) is 0 Å². The van der Waals surface area contributed by atoms with Crippen LogP contribution >= 0.6 is 0 Å². The molecular weight excluding hydrogens is 253 g/mol. The molecule has 0 saturated carbocycles. The smallest absolute Gasteiger partial charge is 0.419 e. The van der Waals surface area contributed by atoms with Crippen LogP contribution in [0.2, 0.25) is 0 Å². The van der Waals surface area contributed by atoms with Crippen LogP contribution < -0.4 is 0 Å². The first-order valence-electron chi connectivity index (χ1n) is 5.14. The maximum absolute atomic E-state index is 12.5. The third kappa shape index (κ3) is 3.34. The van der Waals surface area contributed by atoms with E-state index in [9.17, 15) is 23.4 Å². The molecule has 102 valence electrons. The monoisotopic (exact) mass is 266 g/mol. The molecule has 2 unspecified atom stereocenters. The molecule has 0 aliphatic carbocycles. The lowest BCUT2D eigenvalue weighted by Gasteiger charge is -2.19. The number of hydrogen-bond acceptors (Lipinski definition) is 4. The second-order valence-corrected chi connectivity index (χ2v) is 3.80. The summed E-state index contributed by atoms with van der Waals surface area (Å²) >= 11 is 0. The molecule has 1 aromatic rings. The van der Waals surface area contributed by atoms with E-state index >= 15 is 0 Å². The van der Waals surface area contributed by atoms with Gasteiger partial charge < -0.3 is 20.4 Å². The van der Waals surface area contributed by atoms with E-state index < -0.39 is 36.3 Å². The molecule has 0 heterocycles. The molecule has 2 atom stereocenters. The van der Waals surface area contributed by atoms with Gasteiger partial charge in [0.25, 0.3) is 0 Å². The zero-order chi connectivity index (χ0) is 13.9. The van der Waals surface area contributed by atoms with Crippen LogP contribution in [0.3, 0.4) is 0 Å². The van der Waals surface area contributed by atoms with Crippen molar-refractivity contribution in [2.45, 2.75) is 24.8 Å². The van der Waals surface area contributed by atoms with Gasteiger partial charge in [0.05, 0.1) is 11.7 Å². The lowest BCUT2D eigenvalue weighted by Crippen LogP contribution is -2.20. The standard InChI is InChI=1S/C11H13F3O4/c12-11(13,14)7-5-6(1-2-8(7)16)10(18)9(17)3-4-15/h1-2,5,9-10,15-18H,3-4H2. The molecule has 1 aromatic carbocycles. The minimum absolute atomic E-state index is 0.163. The molecular formula is C11H13F3O4. The second kappa shape index (κ2) is 5.55. The van der Waals surface area contributed by atoms with E-state index in [0.29, 0.717) is 6.07 Å². The van der Waals surface area contributed by atoms with Crippen molar-refractivity contribution in [2.24, 2.45) is 0 Å². The van der Waals surface area contributed by atoms with Crippen LogP contribution in [0.5, 0.6) is 5.75 Å². The summed E-state index contributed by atoms with van der Waals surface area (Å²) in [6.45, 7) is -0.400. The average Bonchev–Trinajstić information content (AvgIpc) is 2.27. The second-order valence-electron chi connectivity index (χ2n) is 3.80. The summed E-state index contributed by atoms with van der Waals surface area (Å²) in [4.78, 5) is 0. The van der Waals surface area contributed by atoms with Crippen molar-refractivity contribution in [3.8, 4) is 5.75 Å². The van der Waals surface area contributed by atoms with Crippen LogP contribution in [0, 0.1) is 0 Å². The fourth-order valence-corrected chi connectivity index (χ4v) is 1.48. The van der Waals surface area contributed by atoms with Gasteiger partial charge in [-0.25, -0.2) is 0 Å². The van der Waals surface area contributed by atoms with Gasteiger partial charge in [0.15, 0.2) is 0 Å². The Hall–Kier alpha value is -1.31. The minimum Gasteiger partial charge on any atom is -0.507 e. The number of benzene rings is 1. The molecule has 0 bridgehead atoms. The van der Waals surface area contributed by atoms with E-state index in [1.807, 2.05) is 0 Å². The van der Waals surface area contributed by atoms with Crippen LogP contribution in [0.25, 0.3) is 0 Å². The van der Waals surface area contributed by atoms with Crippen molar-refractivity contribution >= 4 is 0 Å². The predicted molar refractivity (Wildman–Crippen MR) is 55.8 cm³/mol. The molecule has 0 aliphatic heterocycles. The van der Waals surface area contributed by atoms with Gasteiger partial charge in [0.1, 0.15) is 11.9 Å². The number of aromatic hydroxyl groups is 1. The predicted octanol–water partition coefficient (Wildman–Crippen LogP) is 1.19. The van der Waals surface area contributed by atoms with Crippen LogP contribution in [-0.4, -0.2) is 33.1 Å². The van der Waals surface area contributed by atoms with Crippen LogP contribution in [0.1, 0.15) is 23.7 Å². The van der Waals surface area contributed by atoms with Gasteiger partial charge in [-0.15, -0.1) is 0 Å². The Labute approximate surface area is 101 Å². The largest absolute Gasteiger partial charge is 0.507 e. The van der Waals surface area contributed by atoms with Gasteiger partial charge in [-0.3, -0.25) is 0 Å². The molecule has 7 heteroatoms. The molecule has 18 heavy (non-hydrogen) atoms. The topological polar surface area (TPSA) is 80.9 Å². The van der Waals surface area contributed by atoms with Crippen molar-refractivity contribution in [2.75, 3.05) is 6.61 Å². The molecule has 4 N–H and O–H groups in total. The van der Waals surface area contributed by atoms with Gasteiger partial charge in [-0.05, 0) is 24.1 Å². The Morgan fingerprint density at radius 1 is 1.17 bits per heavy atom.